The minimum Gasteiger partial charge on any atom is -0.496 e. The van der Waals surface area contributed by atoms with E-state index in [1.54, 1.807) is 14.0 Å². The zero-order valence-electron chi connectivity index (χ0n) is 24.9. The summed E-state index contributed by atoms with van der Waals surface area (Å²) in [5, 5.41) is 10.7. The first-order valence-corrected chi connectivity index (χ1v) is 14.7. The normalized spacial score (nSPS) is 11.5. The molecule has 0 fully saturated rings. The summed E-state index contributed by atoms with van der Waals surface area (Å²) in [5.74, 6) is 4.17. The highest BCUT2D eigenvalue weighted by atomic mass is 16.5. The van der Waals surface area contributed by atoms with Crippen LogP contribution in [0.4, 0.5) is 11.5 Å². The molecule has 1 amide bonds. The highest BCUT2D eigenvalue weighted by Crippen LogP contribution is 2.30. The number of ketones is 1. The van der Waals surface area contributed by atoms with Gasteiger partial charge in [-0.25, -0.2) is 9.97 Å². The highest BCUT2D eigenvalue weighted by molar-refractivity contribution is 5.92. The van der Waals surface area contributed by atoms with Crippen molar-refractivity contribution >= 4 is 34.1 Å². The predicted molar refractivity (Wildman–Crippen MR) is 171 cm³/mol. The first-order valence-electron chi connectivity index (χ1n) is 14.7. The number of hydrogen-bond acceptors (Lipinski definition) is 7. The fraction of sp³-hybridized carbons (Fsp3) is 0.314. The number of fused-ring (bicyclic) bond motifs is 1. The van der Waals surface area contributed by atoms with E-state index in [1.165, 1.54) is 6.33 Å². The Kier molecular flexibility index (Phi) is 11.6. The second-order valence-electron chi connectivity index (χ2n) is 10.5. The standard InChI is InChI=1S/C35H39N5O3/c1-4-26-15-11-16-29(20-26)40-34-30-21-28(33(43-3)22-32(30)38-24-39-34)18-19-36-35(42)31(17-10-5-7-12-25(2)41)37-23-27-13-8-6-9-14-27/h1,6,8-9,11,13-16,20-22,24,31,37H,5,7,10,12,17-19,23H2,2-3H3,(H,36,42)(H,38,39,40)/t31-/m0/s1. The van der Waals surface area contributed by atoms with Crippen LogP contribution >= 0.6 is 0 Å². The lowest BCUT2D eigenvalue weighted by Crippen LogP contribution is -2.44. The highest BCUT2D eigenvalue weighted by Gasteiger charge is 2.18. The van der Waals surface area contributed by atoms with Crippen LogP contribution in [-0.2, 0) is 22.6 Å². The summed E-state index contributed by atoms with van der Waals surface area (Å²) < 4.78 is 5.68. The van der Waals surface area contributed by atoms with Gasteiger partial charge in [0, 0.05) is 42.2 Å². The van der Waals surface area contributed by atoms with Gasteiger partial charge in [-0.2, -0.15) is 0 Å². The number of aromatic nitrogens is 2. The third kappa shape index (κ3) is 9.38. The van der Waals surface area contributed by atoms with E-state index in [9.17, 15) is 9.59 Å². The van der Waals surface area contributed by atoms with E-state index >= 15 is 0 Å². The average Bonchev–Trinajstić information content (AvgIpc) is 3.02. The number of carbonyl (C=O) groups excluding carboxylic acids is 2. The van der Waals surface area contributed by atoms with E-state index in [1.807, 2.05) is 66.7 Å². The number of benzene rings is 3. The molecule has 1 heterocycles. The summed E-state index contributed by atoms with van der Waals surface area (Å²) in [6.45, 7) is 2.66. The molecule has 3 N–H and O–H groups in total. The molecule has 3 aromatic carbocycles. The number of carbonyl (C=O) groups is 2. The molecule has 0 aliphatic heterocycles. The second-order valence-corrected chi connectivity index (χ2v) is 10.5. The monoisotopic (exact) mass is 577 g/mol. The van der Waals surface area contributed by atoms with Crippen molar-refractivity contribution in [2.24, 2.45) is 0 Å². The van der Waals surface area contributed by atoms with Crippen LogP contribution in [0.25, 0.3) is 10.9 Å². The lowest BCUT2D eigenvalue weighted by atomic mass is 10.0. The van der Waals surface area contributed by atoms with Crippen LogP contribution in [0.15, 0.2) is 73.1 Å². The lowest BCUT2D eigenvalue weighted by molar-refractivity contribution is -0.123. The van der Waals surface area contributed by atoms with Gasteiger partial charge in [-0.15, -0.1) is 6.42 Å². The molecular formula is C35H39N5O3. The second kappa shape index (κ2) is 16.0. The molecule has 0 saturated heterocycles. The quantitative estimate of drug-likeness (QED) is 0.116. The van der Waals surface area contributed by atoms with E-state index in [0.29, 0.717) is 43.9 Å². The molecule has 8 nitrogen and oxygen atoms in total. The Balaban J connectivity index is 1.43. The molecule has 0 unspecified atom stereocenters. The van der Waals surface area contributed by atoms with Crippen LogP contribution in [0.5, 0.6) is 5.75 Å². The van der Waals surface area contributed by atoms with Gasteiger partial charge in [0.1, 0.15) is 23.7 Å². The lowest BCUT2D eigenvalue weighted by Gasteiger charge is -2.19. The molecule has 0 aliphatic carbocycles. The number of Topliss-reactive ketones (excluding diaryl/α,β-unsaturated/α-hetero) is 1. The van der Waals surface area contributed by atoms with E-state index < -0.39 is 0 Å². The topological polar surface area (TPSA) is 105 Å². The SMILES string of the molecule is C#Cc1cccc(Nc2ncnc3cc(OC)c(CCNC(=O)[C@H](CCCCCC(C)=O)NCc4ccccc4)cc23)c1. The van der Waals surface area contributed by atoms with Gasteiger partial charge in [0.25, 0.3) is 0 Å². The van der Waals surface area contributed by atoms with Gasteiger partial charge in [0.05, 0.1) is 18.7 Å². The third-order valence-electron chi connectivity index (χ3n) is 7.26. The molecule has 1 atom stereocenters. The van der Waals surface area contributed by atoms with E-state index in [4.69, 9.17) is 11.2 Å². The van der Waals surface area contributed by atoms with Crippen molar-refractivity contribution in [2.45, 2.75) is 58.0 Å². The van der Waals surface area contributed by atoms with Gasteiger partial charge in [0.15, 0.2) is 0 Å². The summed E-state index contributed by atoms with van der Waals surface area (Å²) in [6.07, 6.45) is 11.6. The Hall–Kier alpha value is -4.74. The minimum absolute atomic E-state index is 0.0404. The number of ether oxygens (including phenoxy) is 1. The molecule has 4 aromatic rings. The number of hydrogen-bond donors (Lipinski definition) is 3. The summed E-state index contributed by atoms with van der Waals surface area (Å²) in [4.78, 5) is 33.5. The zero-order valence-corrected chi connectivity index (χ0v) is 24.9. The number of anilines is 2. The average molecular weight is 578 g/mol. The van der Waals surface area contributed by atoms with E-state index in [-0.39, 0.29) is 17.7 Å². The number of nitrogens with zero attached hydrogens (tertiary/aromatic N) is 2. The van der Waals surface area contributed by atoms with Gasteiger partial charge in [0.2, 0.25) is 5.91 Å². The fourth-order valence-electron chi connectivity index (χ4n) is 4.94. The molecule has 4 rings (SSSR count). The summed E-state index contributed by atoms with van der Waals surface area (Å²) >= 11 is 0. The van der Waals surface area contributed by atoms with Crippen LogP contribution in [0.3, 0.4) is 0 Å². The number of unbranched alkanes of at least 4 members (excludes halogenated alkanes) is 2. The van der Waals surface area contributed by atoms with Gasteiger partial charge < -0.3 is 25.5 Å². The molecule has 43 heavy (non-hydrogen) atoms. The van der Waals surface area contributed by atoms with Crippen LogP contribution in [-0.4, -0.2) is 41.4 Å². The Morgan fingerprint density at radius 1 is 1.00 bits per heavy atom. The maximum Gasteiger partial charge on any atom is 0.237 e. The third-order valence-corrected chi connectivity index (χ3v) is 7.26. The van der Waals surface area contributed by atoms with E-state index in [2.05, 4.69) is 31.8 Å². The Morgan fingerprint density at radius 2 is 1.84 bits per heavy atom. The van der Waals surface area contributed by atoms with Crippen LogP contribution in [0.1, 0.15) is 55.7 Å². The molecule has 222 valence electrons. The minimum atomic E-state index is -0.334. The van der Waals surface area contributed by atoms with Crippen LogP contribution in [0, 0.1) is 12.3 Å². The Bertz CT molecular complexity index is 1570. The first-order chi connectivity index (χ1) is 21.0. The van der Waals surface area contributed by atoms with Crippen LogP contribution in [0.2, 0.25) is 0 Å². The van der Waals surface area contributed by atoms with Crippen molar-refractivity contribution in [1.29, 1.82) is 0 Å². The number of terminal acetylenes is 1. The maximum absolute atomic E-state index is 13.3. The molecule has 0 spiro atoms. The Labute approximate surface area is 253 Å². The van der Waals surface area contributed by atoms with Gasteiger partial charge in [-0.3, -0.25) is 4.79 Å². The van der Waals surface area contributed by atoms with E-state index in [0.717, 1.165) is 52.5 Å². The molecule has 1 aromatic heterocycles. The summed E-state index contributed by atoms with van der Waals surface area (Å²) in [6, 6.07) is 21.2. The van der Waals surface area contributed by atoms with Crippen molar-refractivity contribution in [2.75, 3.05) is 19.0 Å². The van der Waals surface area contributed by atoms with Crippen molar-refractivity contribution in [3.8, 4) is 18.1 Å². The molecule has 0 radical (unpaired) electrons. The van der Waals surface area contributed by atoms with Crippen molar-refractivity contribution < 1.29 is 14.3 Å². The number of methoxy groups -OCH3 is 1. The largest absolute Gasteiger partial charge is 0.496 e. The van der Waals surface area contributed by atoms with Gasteiger partial charge in [-0.1, -0.05) is 55.2 Å². The Morgan fingerprint density at radius 3 is 2.60 bits per heavy atom. The molecule has 0 bridgehead atoms. The molecule has 0 aliphatic rings. The van der Waals surface area contributed by atoms with Crippen LogP contribution < -0.4 is 20.7 Å². The first kappa shape index (κ1) is 31.2. The van der Waals surface area contributed by atoms with Crippen molar-refractivity contribution in [1.82, 2.24) is 20.6 Å². The number of amides is 1. The summed E-state index contributed by atoms with van der Waals surface area (Å²) in [7, 11) is 1.63. The maximum atomic E-state index is 13.3. The van der Waals surface area contributed by atoms with Crippen molar-refractivity contribution in [3.05, 3.63) is 89.7 Å². The fourth-order valence-corrected chi connectivity index (χ4v) is 4.94. The summed E-state index contributed by atoms with van der Waals surface area (Å²) in [5.41, 5.74) is 4.40. The molecular weight excluding hydrogens is 538 g/mol. The van der Waals surface area contributed by atoms with Gasteiger partial charge in [-0.05, 0) is 61.6 Å². The zero-order chi connectivity index (χ0) is 30.4. The molecule has 0 saturated carbocycles. The number of nitrogens with one attached hydrogen (secondary N) is 3. The smallest absolute Gasteiger partial charge is 0.237 e. The molecule has 8 heteroatoms. The predicted octanol–water partition coefficient (Wildman–Crippen LogP) is 5.72. The number of rotatable bonds is 16. The van der Waals surface area contributed by atoms with Gasteiger partial charge >= 0.3 is 0 Å². The van der Waals surface area contributed by atoms with Crippen molar-refractivity contribution in [3.63, 3.8) is 0 Å².